The van der Waals surface area contributed by atoms with Gasteiger partial charge in [0.05, 0.1) is 16.6 Å². The van der Waals surface area contributed by atoms with E-state index in [1.807, 2.05) is 0 Å². The van der Waals surface area contributed by atoms with Gasteiger partial charge >= 0.3 is 12.1 Å². The van der Waals surface area contributed by atoms with Crippen molar-refractivity contribution in [3.63, 3.8) is 0 Å². The van der Waals surface area contributed by atoms with Gasteiger partial charge in [0.2, 0.25) is 6.35 Å². The number of anilines is 3. The molecule has 4 aromatic rings. The van der Waals surface area contributed by atoms with Crippen molar-refractivity contribution >= 4 is 34.2 Å². The lowest BCUT2D eigenvalue weighted by molar-refractivity contribution is -0.140. The van der Waals surface area contributed by atoms with Crippen molar-refractivity contribution in [1.29, 1.82) is 0 Å². The Morgan fingerprint density at radius 3 is 2.38 bits per heavy atom. The van der Waals surface area contributed by atoms with Crippen LogP contribution >= 0.6 is 0 Å². The highest BCUT2D eigenvalue weighted by molar-refractivity contribution is 6.01. The van der Waals surface area contributed by atoms with Crippen molar-refractivity contribution in [2.24, 2.45) is 7.05 Å². The first-order chi connectivity index (χ1) is 17.5. The van der Waals surface area contributed by atoms with E-state index in [0.717, 1.165) is 12.1 Å². The zero-order valence-electron chi connectivity index (χ0n) is 19.5. The number of hydrogen-bond donors (Lipinski definition) is 5. The summed E-state index contributed by atoms with van der Waals surface area (Å²) >= 11 is 0. The maximum atomic E-state index is 13.0. The number of hydrogen-bond acceptors (Lipinski definition) is 7. The van der Waals surface area contributed by atoms with Gasteiger partial charge in [-0.05, 0) is 60.4 Å². The van der Waals surface area contributed by atoms with Gasteiger partial charge in [-0.15, -0.1) is 0 Å². The quantitative estimate of drug-likeness (QED) is 0.233. The number of pyridine rings is 1. The number of nitrogens with zero attached hydrogens (tertiary/aromatic N) is 3. The van der Waals surface area contributed by atoms with E-state index in [1.54, 1.807) is 37.4 Å². The first-order valence-electron chi connectivity index (χ1n) is 11.3. The third-order valence-corrected chi connectivity index (χ3v) is 6.44. The zero-order valence-corrected chi connectivity index (χ0v) is 19.5. The van der Waals surface area contributed by atoms with E-state index < -0.39 is 29.5 Å². The number of halogens is 3. The molecule has 37 heavy (non-hydrogen) atoms. The smallest absolute Gasteiger partial charge is 0.416 e. The summed E-state index contributed by atoms with van der Waals surface area (Å²) < 4.78 is 40.5. The van der Waals surface area contributed by atoms with Gasteiger partial charge in [-0.1, -0.05) is 18.2 Å². The maximum absolute atomic E-state index is 13.0. The Labute approximate surface area is 208 Å². The van der Waals surface area contributed by atoms with E-state index in [1.165, 1.54) is 16.8 Å². The summed E-state index contributed by atoms with van der Waals surface area (Å²) in [6, 6.07) is 13.1. The first-order valence-corrected chi connectivity index (χ1v) is 11.3. The van der Waals surface area contributed by atoms with E-state index in [2.05, 4.69) is 20.7 Å². The van der Waals surface area contributed by atoms with Crippen LogP contribution in [0.5, 0.6) is 0 Å². The van der Waals surface area contributed by atoms with E-state index in [0.29, 0.717) is 46.4 Å². The fourth-order valence-corrected chi connectivity index (χ4v) is 4.37. The summed E-state index contributed by atoms with van der Waals surface area (Å²) in [4.78, 5) is 16.5. The molecule has 0 saturated heterocycles. The first kappa shape index (κ1) is 24.4. The Bertz CT molecular complexity index is 1510. The number of nitrogens with one attached hydrogen (secondary N) is 2. The van der Waals surface area contributed by atoms with E-state index in [4.69, 9.17) is 5.73 Å². The number of rotatable bonds is 7. The number of aliphatic hydroxyl groups is 1. The predicted octanol–water partition coefficient (Wildman–Crippen LogP) is 4.15. The van der Waals surface area contributed by atoms with Crippen LogP contribution in [-0.4, -0.2) is 37.3 Å². The third kappa shape index (κ3) is 4.51. The van der Waals surface area contributed by atoms with Crippen molar-refractivity contribution < 1.29 is 28.2 Å². The molecule has 2 aromatic carbocycles. The highest BCUT2D eigenvalue weighted by atomic mass is 19.4. The number of aryl methyl sites for hydroxylation is 1. The van der Waals surface area contributed by atoms with Crippen molar-refractivity contribution in [3.05, 3.63) is 65.9 Å². The highest BCUT2D eigenvalue weighted by Gasteiger charge is 2.53. The summed E-state index contributed by atoms with van der Waals surface area (Å²) in [5.41, 5.74) is 6.95. The van der Waals surface area contributed by atoms with Crippen LogP contribution in [-0.2, 0) is 23.4 Å². The summed E-state index contributed by atoms with van der Waals surface area (Å²) in [6.07, 6.45) is -4.96. The van der Waals surface area contributed by atoms with E-state index >= 15 is 0 Å². The van der Waals surface area contributed by atoms with Crippen LogP contribution in [0.1, 0.15) is 24.1 Å². The largest absolute Gasteiger partial charge is 0.481 e. The molecule has 192 valence electrons. The lowest BCUT2D eigenvalue weighted by atomic mass is 9.95. The topological polar surface area (TPSA) is 138 Å². The SMILES string of the molecule is Cn1nc(N)c2c(-c3cccc(NC(O)Nc4cccc(C(F)(F)F)c4)c3)cc(C3(C(=O)O)CC3)nc21. The van der Waals surface area contributed by atoms with Gasteiger partial charge in [-0.3, -0.25) is 4.79 Å². The van der Waals surface area contributed by atoms with Gasteiger partial charge in [0.1, 0.15) is 5.41 Å². The van der Waals surface area contributed by atoms with Gasteiger partial charge in [0.15, 0.2) is 11.5 Å². The minimum atomic E-state index is -4.51. The number of benzene rings is 2. The Balaban J connectivity index is 1.47. The van der Waals surface area contributed by atoms with Crippen LogP contribution in [0.2, 0.25) is 0 Å². The number of carboxylic acids is 1. The molecule has 0 aliphatic heterocycles. The Morgan fingerprint density at radius 2 is 1.76 bits per heavy atom. The Kier molecular flexibility index (Phi) is 5.71. The molecule has 9 nitrogen and oxygen atoms in total. The molecule has 5 rings (SSSR count). The summed E-state index contributed by atoms with van der Waals surface area (Å²) in [5, 5.41) is 30.4. The van der Waals surface area contributed by atoms with Crippen LogP contribution in [0.15, 0.2) is 54.6 Å². The van der Waals surface area contributed by atoms with Crippen molar-refractivity contribution in [2.45, 2.75) is 30.8 Å². The zero-order chi connectivity index (χ0) is 26.5. The molecule has 0 spiro atoms. The monoisotopic (exact) mass is 512 g/mol. The summed E-state index contributed by atoms with van der Waals surface area (Å²) in [5.74, 6) is -0.712. The fraction of sp³-hybridized carbons (Fsp3) is 0.240. The van der Waals surface area contributed by atoms with Crippen LogP contribution in [0, 0.1) is 0 Å². The molecule has 6 N–H and O–H groups in total. The van der Waals surface area contributed by atoms with Gasteiger partial charge in [-0.2, -0.15) is 18.3 Å². The third-order valence-electron chi connectivity index (χ3n) is 6.44. The number of nitrogens with two attached hydrogens (primary N) is 1. The molecule has 1 aliphatic rings. The normalized spacial score (nSPS) is 15.4. The van der Waals surface area contributed by atoms with Gasteiger partial charge in [0, 0.05) is 18.4 Å². The molecule has 2 aromatic heterocycles. The average molecular weight is 512 g/mol. The predicted molar refractivity (Wildman–Crippen MR) is 132 cm³/mol. The number of aliphatic hydroxyl groups excluding tert-OH is 1. The molecule has 2 heterocycles. The Hall–Kier alpha value is -4.32. The van der Waals surface area contributed by atoms with Gasteiger partial charge in [0.25, 0.3) is 0 Å². The molecule has 1 saturated carbocycles. The molecular weight excluding hydrogens is 489 g/mol. The number of alkyl halides is 3. The second-order valence-corrected chi connectivity index (χ2v) is 9.00. The van der Waals surface area contributed by atoms with Crippen molar-refractivity contribution in [2.75, 3.05) is 16.4 Å². The number of aliphatic carboxylic acids is 1. The highest BCUT2D eigenvalue weighted by Crippen LogP contribution is 2.49. The molecule has 0 radical (unpaired) electrons. The van der Waals surface area contributed by atoms with E-state index in [-0.39, 0.29) is 11.5 Å². The molecule has 1 aliphatic carbocycles. The van der Waals surface area contributed by atoms with Crippen LogP contribution in [0.25, 0.3) is 22.2 Å². The Morgan fingerprint density at radius 1 is 1.11 bits per heavy atom. The number of nitrogen functional groups attached to an aromatic ring is 1. The minimum absolute atomic E-state index is 0.0815. The molecule has 12 heteroatoms. The van der Waals surface area contributed by atoms with Gasteiger partial charge in [-0.25, -0.2) is 9.67 Å². The number of carbonyl (C=O) groups is 1. The molecule has 0 amide bonds. The number of carboxylic acid groups (broad SMARTS) is 1. The lowest BCUT2D eigenvalue weighted by Crippen LogP contribution is -2.28. The van der Waals surface area contributed by atoms with Crippen molar-refractivity contribution in [3.8, 4) is 11.1 Å². The second-order valence-electron chi connectivity index (χ2n) is 9.00. The summed E-state index contributed by atoms with van der Waals surface area (Å²) in [7, 11) is 1.67. The van der Waals surface area contributed by atoms with Gasteiger partial charge < -0.3 is 26.6 Å². The number of aromatic nitrogens is 3. The molecule has 1 fully saturated rings. The number of fused-ring (bicyclic) bond motifs is 1. The summed E-state index contributed by atoms with van der Waals surface area (Å²) in [6.45, 7) is 0. The lowest BCUT2D eigenvalue weighted by Gasteiger charge is -2.19. The van der Waals surface area contributed by atoms with Crippen molar-refractivity contribution in [1.82, 2.24) is 14.8 Å². The standard InChI is InChI=1S/C25H23F3N6O3/c1-34-21-19(20(29)33-34)17(12-18(32-21)24(8-9-24)22(35)36)13-4-2-6-15(10-13)30-23(37)31-16-7-3-5-14(11-16)25(26,27)28/h2-7,10-12,23,30-31,37H,8-9H2,1H3,(H2,29,33)(H,35,36). The molecule has 1 unspecified atom stereocenters. The van der Waals surface area contributed by atoms with E-state index in [9.17, 15) is 28.2 Å². The second kappa shape index (κ2) is 8.66. The molecule has 1 atom stereocenters. The fourth-order valence-electron chi connectivity index (χ4n) is 4.37. The van der Waals surface area contributed by atoms with Crippen LogP contribution < -0.4 is 16.4 Å². The minimum Gasteiger partial charge on any atom is -0.481 e. The average Bonchev–Trinajstić information content (AvgIpc) is 3.60. The molecular formula is C25H23F3N6O3. The van der Waals surface area contributed by atoms with Crippen LogP contribution in [0.4, 0.5) is 30.4 Å². The maximum Gasteiger partial charge on any atom is 0.416 e. The van der Waals surface area contributed by atoms with Crippen LogP contribution in [0.3, 0.4) is 0 Å². The molecule has 0 bridgehead atoms.